The first-order valence-corrected chi connectivity index (χ1v) is 5.78. The highest BCUT2D eigenvalue weighted by Crippen LogP contribution is 2.48. The largest absolute Gasteiger partial charge is 0.396 e. The molecule has 1 aliphatic carbocycles. The van der Waals surface area contributed by atoms with Gasteiger partial charge in [-0.25, -0.2) is 22.0 Å². The van der Waals surface area contributed by atoms with Gasteiger partial charge in [-0.1, -0.05) is 0 Å². The van der Waals surface area contributed by atoms with Crippen LogP contribution in [0.2, 0.25) is 0 Å². The van der Waals surface area contributed by atoms with Crippen LogP contribution in [0.3, 0.4) is 0 Å². The second-order valence-corrected chi connectivity index (χ2v) is 4.77. The minimum atomic E-state index is -2.17. The zero-order valence-corrected chi connectivity index (χ0v) is 9.87. The van der Waals surface area contributed by atoms with Gasteiger partial charge in [-0.15, -0.1) is 0 Å². The van der Waals surface area contributed by atoms with E-state index in [0.29, 0.717) is 6.42 Å². The minimum Gasteiger partial charge on any atom is -0.396 e. The van der Waals surface area contributed by atoms with E-state index < -0.39 is 34.8 Å². The Bertz CT molecular complexity index is 472. The van der Waals surface area contributed by atoms with Gasteiger partial charge in [0.2, 0.25) is 5.82 Å². The van der Waals surface area contributed by atoms with Gasteiger partial charge in [0.15, 0.2) is 23.3 Å². The van der Waals surface area contributed by atoms with Gasteiger partial charge in [0, 0.05) is 13.2 Å². The van der Waals surface area contributed by atoms with Crippen molar-refractivity contribution in [1.29, 1.82) is 0 Å². The van der Waals surface area contributed by atoms with Gasteiger partial charge in [0.1, 0.15) is 5.69 Å². The molecule has 0 atom stereocenters. The van der Waals surface area contributed by atoms with Crippen LogP contribution in [0.5, 0.6) is 0 Å². The summed E-state index contributed by atoms with van der Waals surface area (Å²) >= 11 is 0. The summed E-state index contributed by atoms with van der Waals surface area (Å²) < 4.78 is 65.4. The van der Waals surface area contributed by atoms with Crippen molar-refractivity contribution in [1.82, 2.24) is 0 Å². The van der Waals surface area contributed by atoms with E-state index in [9.17, 15) is 22.0 Å². The fraction of sp³-hybridized carbons (Fsp3) is 0.500. The lowest BCUT2D eigenvalue weighted by molar-refractivity contribution is 0.253. The molecule has 0 bridgehead atoms. The second-order valence-electron chi connectivity index (χ2n) is 4.77. The van der Waals surface area contributed by atoms with Crippen LogP contribution in [0.15, 0.2) is 0 Å². The topological polar surface area (TPSA) is 32.3 Å². The van der Waals surface area contributed by atoms with E-state index in [1.165, 1.54) is 0 Å². The fourth-order valence-corrected chi connectivity index (χ4v) is 1.97. The molecule has 0 amide bonds. The Kier molecular flexibility index (Phi) is 3.66. The van der Waals surface area contributed by atoms with Crippen molar-refractivity contribution >= 4 is 5.69 Å². The highest BCUT2D eigenvalue weighted by Gasteiger charge is 2.42. The molecule has 106 valence electrons. The molecule has 0 saturated heterocycles. The molecular weight excluding hydrogens is 269 g/mol. The van der Waals surface area contributed by atoms with Crippen molar-refractivity contribution in [3.63, 3.8) is 0 Å². The van der Waals surface area contributed by atoms with Crippen molar-refractivity contribution < 1.29 is 27.1 Å². The molecule has 1 aliphatic rings. The summed E-state index contributed by atoms with van der Waals surface area (Å²) in [5, 5.41) is 11.1. The monoisotopic (exact) mass is 281 g/mol. The normalized spacial score (nSPS) is 16.5. The van der Waals surface area contributed by atoms with Crippen molar-refractivity contribution in [2.24, 2.45) is 5.41 Å². The van der Waals surface area contributed by atoms with E-state index in [4.69, 9.17) is 5.11 Å². The number of hydrogen-bond acceptors (Lipinski definition) is 2. The smallest absolute Gasteiger partial charge is 0.200 e. The van der Waals surface area contributed by atoms with Gasteiger partial charge in [-0.2, -0.15) is 0 Å². The van der Waals surface area contributed by atoms with Gasteiger partial charge in [0.05, 0.1) is 0 Å². The van der Waals surface area contributed by atoms with Crippen LogP contribution in [0.1, 0.15) is 19.3 Å². The molecule has 7 heteroatoms. The minimum absolute atomic E-state index is 0.0614. The van der Waals surface area contributed by atoms with E-state index in [2.05, 4.69) is 5.32 Å². The predicted octanol–water partition coefficient (Wildman–Crippen LogP) is 2.96. The maximum atomic E-state index is 13.4. The van der Waals surface area contributed by atoms with Crippen molar-refractivity contribution in [2.75, 3.05) is 18.5 Å². The zero-order valence-electron chi connectivity index (χ0n) is 9.87. The third-order valence-electron chi connectivity index (χ3n) is 3.45. The molecule has 0 aliphatic heterocycles. The highest BCUT2D eigenvalue weighted by molar-refractivity contribution is 5.48. The van der Waals surface area contributed by atoms with Gasteiger partial charge in [0.25, 0.3) is 0 Å². The van der Waals surface area contributed by atoms with Crippen LogP contribution in [0, 0.1) is 34.5 Å². The van der Waals surface area contributed by atoms with Gasteiger partial charge >= 0.3 is 0 Å². The standard InChI is InChI=1S/C12H12F5NO/c13-6-7(14)9(16)11(10(17)8(6)15)18-5-12(1-2-12)3-4-19/h18-19H,1-5H2. The van der Waals surface area contributed by atoms with Gasteiger partial charge in [-0.3, -0.25) is 0 Å². The lowest BCUT2D eigenvalue weighted by atomic mass is 10.0. The first-order chi connectivity index (χ1) is 8.92. The van der Waals surface area contributed by atoms with Crippen molar-refractivity contribution in [3.8, 4) is 0 Å². The number of benzene rings is 1. The summed E-state index contributed by atoms with van der Waals surface area (Å²) in [7, 11) is 0. The number of hydrogen-bond donors (Lipinski definition) is 2. The Balaban J connectivity index is 2.21. The summed E-state index contributed by atoms with van der Waals surface area (Å²) in [6, 6.07) is 0. The summed E-state index contributed by atoms with van der Waals surface area (Å²) in [5.74, 6) is -9.83. The number of halogens is 5. The predicted molar refractivity (Wildman–Crippen MR) is 58.1 cm³/mol. The SMILES string of the molecule is OCCC1(CNc2c(F)c(F)c(F)c(F)c2F)CC1. The lowest BCUT2D eigenvalue weighted by Crippen LogP contribution is -2.19. The van der Waals surface area contributed by atoms with Crippen molar-refractivity contribution in [3.05, 3.63) is 29.1 Å². The zero-order chi connectivity index (χ0) is 14.2. The van der Waals surface area contributed by atoms with Gasteiger partial charge in [-0.05, 0) is 24.7 Å². The van der Waals surface area contributed by atoms with Crippen LogP contribution in [-0.4, -0.2) is 18.3 Å². The van der Waals surface area contributed by atoms with E-state index in [0.717, 1.165) is 12.8 Å². The third kappa shape index (κ3) is 2.51. The average molecular weight is 281 g/mol. The van der Waals surface area contributed by atoms with E-state index >= 15 is 0 Å². The number of anilines is 1. The molecule has 19 heavy (non-hydrogen) atoms. The molecule has 0 aromatic heterocycles. The number of rotatable bonds is 5. The molecule has 0 unspecified atom stereocenters. The molecule has 0 radical (unpaired) electrons. The third-order valence-corrected chi connectivity index (χ3v) is 3.45. The van der Waals surface area contributed by atoms with Gasteiger partial charge < -0.3 is 10.4 Å². The van der Waals surface area contributed by atoms with Crippen LogP contribution < -0.4 is 5.32 Å². The van der Waals surface area contributed by atoms with E-state index in [-0.39, 0.29) is 18.6 Å². The van der Waals surface area contributed by atoms with Crippen LogP contribution in [-0.2, 0) is 0 Å². The molecule has 1 fully saturated rings. The molecule has 1 aromatic carbocycles. The second kappa shape index (κ2) is 4.96. The first kappa shape index (κ1) is 14.0. The summed E-state index contributed by atoms with van der Waals surface area (Å²) in [6.45, 7) is -0.0231. The Hall–Kier alpha value is -1.37. The van der Waals surface area contributed by atoms with Crippen LogP contribution in [0.25, 0.3) is 0 Å². The molecular formula is C12H12F5NO. The molecule has 2 N–H and O–H groups in total. The first-order valence-electron chi connectivity index (χ1n) is 5.78. The number of aliphatic hydroxyl groups is 1. The van der Waals surface area contributed by atoms with Crippen molar-refractivity contribution in [2.45, 2.75) is 19.3 Å². The molecule has 0 spiro atoms. The lowest BCUT2D eigenvalue weighted by Gasteiger charge is -2.17. The van der Waals surface area contributed by atoms with E-state index in [1.54, 1.807) is 0 Å². The molecule has 1 saturated carbocycles. The summed E-state index contributed by atoms with van der Waals surface area (Å²) in [6.07, 6.45) is 1.92. The maximum absolute atomic E-state index is 13.4. The Morgan fingerprint density at radius 3 is 1.79 bits per heavy atom. The Labute approximate surface area is 106 Å². The van der Waals surface area contributed by atoms with E-state index in [1.807, 2.05) is 0 Å². The fourth-order valence-electron chi connectivity index (χ4n) is 1.97. The van der Waals surface area contributed by atoms with Crippen LogP contribution in [0.4, 0.5) is 27.6 Å². The quantitative estimate of drug-likeness (QED) is 0.494. The highest BCUT2D eigenvalue weighted by atomic mass is 19.2. The average Bonchev–Trinajstić information content (AvgIpc) is 3.14. The van der Waals surface area contributed by atoms with Crippen LogP contribution >= 0.6 is 0 Å². The molecule has 1 aromatic rings. The number of nitrogens with one attached hydrogen (secondary N) is 1. The molecule has 2 nitrogen and oxygen atoms in total. The molecule has 2 rings (SSSR count). The Morgan fingerprint density at radius 2 is 1.37 bits per heavy atom. The summed E-state index contributed by atoms with van der Waals surface area (Å²) in [4.78, 5) is 0. The maximum Gasteiger partial charge on any atom is 0.200 e. The Morgan fingerprint density at radius 1 is 0.895 bits per heavy atom. The summed E-state index contributed by atoms with van der Waals surface area (Å²) in [5.41, 5.74) is -1.32. The molecule has 0 heterocycles. The number of aliphatic hydroxyl groups excluding tert-OH is 1.